The molecule has 1 saturated heterocycles. The lowest BCUT2D eigenvalue weighted by Crippen LogP contribution is -2.37. The van der Waals surface area contributed by atoms with Crippen molar-refractivity contribution in [3.05, 3.63) is 40.4 Å². The fourth-order valence-electron chi connectivity index (χ4n) is 2.79. The molecule has 1 aromatic carbocycles. The molecule has 4 heteroatoms. The second-order valence-electron chi connectivity index (χ2n) is 5.35. The number of para-hydroxylation sites is 1. The van der Waals surface area contributed by atoms with Gasteiger partial charge in [0.05, 0.1) is 17.4 Å². The molecule has 0 aliphatic carbocycles. The Morgan fingerprint density at radius 2 is 2.21 bits per heavy atom. The minimum absolute atomic E-state index is 0.0368. The maximum atomic E-state index is 12.0. The zero-order chi connectivity index (χ0) is 13.2. The van der Waals surface area contributed by atoms with Crippen LogP contribution in [0.2, 0.25) is 0 Å². The SMILES string of the molecule is C[C@H]1CCCCN1Cc1nc2ccccc2c(=O)[nH]1. The molecule has 1 aliphatic rings. The third kappa shape index (κ3) is 2.54. The van der Waals surface area contributed by atoms with Gasteiger partial charge in [0.1, 0.15) is 5.82 Å². The van der Waals surface area contributed by atoms with Crippen LogP contribution in [0, 0.1) is 0 Å². The topological polar surface area (TPSA) is 49.0 Å². The zero-order valence-corrected chi connectivity index (χ0v) is 11.2. The number of aromatic nitrogens is 2. The number of H-pyrrole nitrogens is 1. The van der Waals surface area contributed by atoms with Crippen molar-refractivity contribution in [2.24, 2.45) is 0 Å². The van der Waals surface area contributed by atoms with Gasteiger partial charge in [0.15, 0.2) is 0 Å². The van der Waals surface area contributed by atoms with Crippen LogP contribution in [0.15, 0.2) is 29.1 Å². The van der Waals surface area contributed by atoms with Crippen LogP contribution >= 0.6 is 0 Å². The first-order valence-corrected chi connectivity index (χ1v) is 6.96. The van der Waals surface area contributed by atoms with E-state index in [1.54, 1.807) is 0 Å². The highest BCUT2D eigenvalue weighted by Crippen LogP contribution is 2.18. The summed E-state index contributed by atoms with van der Waals surface area (Å²) in [7, 11) is 0. The molecule has 4 nitrogen and oxygen atoms in total. The number of nitrogens with one attached hydrogen (secondary N) is 1. The first-order chi connectivity index (χ1) is 9.24. The maximum Gasteiger partial charge on any atom is 0.258 e. The summed E-state index contributed by atoms with van der Waals surface area (Å²) < 4.78 is 0. The number of fused-ring (bicyclic) bond motifs is 1. The van der Waals surface area contributed by atoms with E-state index in [0.29, 0.717) is 11.4 Å². The minimum Gasteiger partial charge on any atom is -0.309 e. The van der Waals surface area contributed by atoms with Crippen LogP contribution in [0.1, 0.15) is 32.0 Å². The second kappa shape index (κ2) is 5.13. The lowest BCUT2D eigenvalue weighted by molar-refractivity contribution is 0.149. The summed E-state index contributed by atoms with van der Waals surface area (Å²) in [5.41, 5.74) is 0.746. The maximum absolute atomic E-state index is 12.0. The van der Waals surface area contributed by atoms with E-state index in [0.717, 1.165) is 24.4 Å². The average Bonchev–Trinajstić information content (AvgIpc) is 2.42. The Balaban J connectivity index is 1.91. The number of likely N-dealkylation sites (tertiary alicyclic amines) is 1. The minimum atomic E-state index is -0.0368. The molecule has 0 amide bonds. The zero-order valence-electron chi connectivity index (χ0n) is 11.2. The number of rotatable bonds is 2. The number of benzene rings is 1. The molecule has 100 valence electrons. The van der Waals surface area contributed by atoms with E-state index in [-0.39, 0.29) is 5.56 Å². The molecule has 0 spiro atoms. The number of nitrogens with zero attached hydrogens (tertiary/aromatic N) is 2. The van der Waals surface area contributed by atoms with Crippen molar-refractivity contribution in [2.45, 2.75) is 38.8 Å². The number of piperidine rings is 1. The smallest absolute Gasteiger partial charge is 0.258 e. The molecule has 2 heterocycles. The number of hydrogen-bond acceptors (Lipinski definition) is 3. The van der Waals surface area contributed by atoms with Gasteiger partial charge in [0, 0.05) is 6.04 Å². The lowest BCUT2D eigenvalue weighted by Gasteiger charge is -2.32. The van der Waals surface area contributed by atoms with Gasteiger partial charge in [-0.2, -0.15) is 0 Å². The Morgan fingerprint density at radius 1 is 1.37 bits per heavy atom. The van der Waals surface area contributed by atoms with Gasteiger partial charge in [-0.25, -0.2) is 4.98 Å². The summed E-state index contributed by atoms with van der Waals surface area (Å²) in [6, 6.07) is 8.07. The number of hydrogen-bond donors (Lipinski definition) is 1. The Bertz CT molecular complexity index is 635. The molecule has 19 heavy (non-hydrogen) atoms. The lowest BCUT2D eigenvalue weighted by atomic mass is 10.0. The number of aromatic amines is 1. The third-order valence-electron chi connectivity index (χ3n) is 3.96. The van der Waals surface area contributed by atoms with Crippen LogP contribution in [-0.2, 0) is 6.54 Å². The first-order valence-electron chi connectivity index (χ1n) is 6.96. The highest BCUT2D eigenvalue weighted by Gasteiger charge is 2.19. The third-order valence-corrected chi connectivity index (χ3v) is 3.96. The van der Waals surface area contributed by atoms with Gasteiger partial charge >= 0.3 is 0 Å². The molecule has 3 rings (SSSR count). The Kier molecular flexibility index (Phi) is 3.34. The summed E-state index contributed by atoms with van der Waals surface area (Å²) in [5.74, 6) is 0.775. The van der Waals surface area contributed by atoms with Gasteiger partial charge in [-0.05, 0) is 38.4 Å². The van der Waals surface area contributed by atoms with E-state index in [4.69, 9.17) is 0 Å². The largest absolute Gasteiger partial charge is 0.309 e. The summed E-state index contributed by atoms with van der Waals surface area (Å²) in [5, 5.41) is 0.665. The molecule has 0 radical (unpaired) electrons. The van der Waals surface area contributed by atoms with Crippen molar-refractivity contribution in [1.29, 1.82) is 0 Å². The summed E-state index contributed by atoms with van der Waals surface area (Å²) >= 11 is 0. The van der Waals surface area contributed by atoms with Crippen molar-refractivity contribution in [2.75, 3.05) is 6.54 Å². The summed E-state index contributed by atoms with van der Waals surface area (Å²) in [4.78, 5) is 21.9. The van der Waals surface area contributed by atoms with Crippen molar-refractivity contribution in [3.8, 4) is 0 Å². The van der Waals surface area contributed by atoms with Crippen LogP contribution in [-0.4, -0.2) is 27.5 Å². The van der Waals surface area contributed by atoms with Crippen LogP contribution in [0.25, 0.3) is 10.9 Å². The highest BCUT2D eigenvalue weighted by atomic mass is 16.1. The highest BCUT2D eigenvalue weighted by molar-refractivity contribution is 5.77. The standard InChI is InChI=1S/C15H19N3O/c1-11-6-4-5-9-18(11)10-14-16-13-8-3-2-7-12(13)15(19)17-14/h2-3,7-8,11H,4-6,9-10H2,1H3,(H,16,17,19)/t11-/m0/s1. The monoisotopic (exact) mass is 257 g/mol. The Morgan fingerprint density at radius 3 is 3.05 bits per heavy atom. The van der Waals surface area contributed by atoms with E-state index in [9.17, 15) is 4.79 Å². The van der Waals surface area contributed by atoms with Crippen molar-refractivity contribution in [3.63, 3.8) is 0 Å². The van der Waals surface area contributed by atoms with Gasteiger partial charge in [-0.15, -0.1) is 0 Å². The molecule has 1 aromatic heterocycles. The fourth-order valence-corrected chi connectivity index (χ4v) is 2.79. The van der Waals surface area contributed by atoms with Crippen LogP contribution in [0.3, 0.4) is 0 Å². The summed E-state index contributed by atoms with van der Waals surface area (Å²) in [6.45, 7) is 4.08. The predicted octanol–water partition coefficient (Wildman–Crippen LogP) is 2.30. The predicted molar refractivity (Wildman–Crippen MR) is 76.1 cm³/mol. The van der Waals surface area contributed by atoms with Gasteiger partial charge in [0.25, 0.3) is 5.56 Å². The van der Waals surface area contributed by atoms with Crippen LogP contribution < -0.4 is 5.56 Å². The van der Waals surface area contributed by atoms with Crippen molar-refractivity contribution < 1.29 is 0 Å². The summed E-state index contributed by atoms with van der Waals surface area (Å²) in [6.07, 6.45) is 3.78. The average molecular weight is 257 g/mol. The van der Waals surface area contributed by atoms with E-state index < -0.39 is 0 Å². The molecule has 0 saturated carbocycles. The van der Waals surface area contributed by atoms with Crippen molar-refractivity contribution >= 4 is 10.9 Å². The van der Waals surface area contributed by atoms with Gasteiger partial charge in [-0.1, -0.05) is 18.6 Å². The van der Waals surface area contributed by atoms with E-state index in [2.05, 4.69) is 21.8 Å². The Labute approximate surface area is 112 Å². The van der Waals surface area contributed by atoms with Gasteiger partial charge in [-0.3, -0.25) is 9.69 Å². The molecule has 0 unspecified atom stereocenters. The fraction of sp³-hybridized carbons (Fsp3) is 0.467. The molecule has 0 bridgehead atoms. The molecular formula is C15H19N3O. The van der Waals surface area contributed by atoms with Gasteiger partial charge < -0.3 is 4.98 Å². The molecule has 1 aliphatic heterocycles. The molecule has 1 N–H and O–H groups in total. The van der Waals surface area contributed by atoms with Crippen LogP contribution in [0.4, 0.5) is 0 Å². The Hall–Kier alpha value is -1.68. The second-order valence-corrected chi connectivity index (χ2v) is 5.35. The van der Waals surface area contributed by atoms with E-state index >= 15 is 0 Å². The molecule has 1 atom stereocenters. The molecule has 2 aromatic rings. The normalized spacial score (nSPS) is 20.8. The van der Waals surface area contributed by atoms with E-state index in [1.807, 2.05) is 24.3 Å². The van der Waals surface area contributed by atoms with E-state index in [1.165, 1.54) is 19.3 Å². The van der Waals surface area contributed by atoms with Crippen LogP contribution in [0.5, 0.6) is 0 Å². The molecular weight excluding hydrogens is 238 g/mol. The van der Waals surface area contributed by atoms with Gasteiger partial charge in [0.2, 0.25) is 0 Å². The van der Waals surface area contributed by atoms with Crippen molar-refractivity contribution in [1.82, 2.24) is 14.9 Å². The molecule has 1 fully saturated rings. The quantitative estimate of drug-likeness (QED) is 0.898. The first kappa shape index (κ1) is 12.4.